The summed E-state index contributed by atoms with van der Waals surface area (Å²) in [6.07, 6.45) is 3.85. The van der Waals surface area contributed by atoms with Crippen LogP contribution >= 0.6 is 11.3 Å². The van der Waals surface area contributed by atoms with Crippen molar-refractivity contribution in [1.82, 2.24) is 9.88 Å². The van der Waals surface area contributed by atoms with E-state index in [9.17, 15) is 9.18 Å². The Kier molecular flexibility index (Phi) is 5.58. The van der Waals surface area contributed by atoms with Crippen LogP contribution in [0.4, 0.5) is 4.39 Å². The monoisotopic (exact) mass is 348 g/mol. The third kappa shape index (κ3) is 3.99. The van der Waals surface area contributed by atoms with Gasteiger partial charge in [-0.05, 0) is 43.4 Å². The SMILES string of the molecule is COCc1nc(C(=O)N2CCCCC2Cc2ccc(F)cc2)cs1. The molecule has 2 heterocycles. The minimum atomic E-state index is -0.233. The molecule has 2 aromatic rings. The van der Waals surface area contributed by atoms with Gasteiger partial charge in [0.15, 0.2) is 0 Å². The summed E-state index contributed by atoms with van der Waals surface area (Å²) in [5.74, 6) is -0.246. The Bertz CT molecular complexity index is 687. The Labute approximate surface area is 145 Å². The summed E-state index contributed by atoms with van der Waals surface area (Å²) in [6.45, 7) is 1.18. The van der Waals surface area contributed by atoms with Gasteiger partial charge in [-0.1, -0.05) is 12.1 Å². The summed E-state index contributed by atoms with van der Waals surface area (Å²) in [7, 11) is 1.62. The first-order valence-corrected chi connectivity index (χ1v) is 9.04. The molecule has 0 aliphatic carbocycles. The fourth-order valence-corrected chi connectivity index (χ4v) is 3.86. The van der Waals surface area contributed by atoms with E-state index in [1.807, 2.05) is 4.90 Å². The molecular weight excluding hydrogens is 327 g/mol. The van der Waals surface area contributed by atoms with Crippen LogP contribution in [0.15, 0.2) is 29.6 Å². The second-order valence-electron chi connectivity index (χ2n) is 6.04. The third-order valence-corrected chi connectivity index (χ3v) is 5.13. The first-order chi connectivity index (χ1) is 11.7. The molecule has 128 valence electrons. The average Bonchev–Trinajstić information content (AvgIpc) is 3.06. The number of thiazole rings is 1. The van der Waals surface area contributed by atoms with Crippen LogP contribution in [0.3, 0.4) is 0 Å². The molecule has 1 amide bonds. The van der Waals surface area contributed by atoms with E-state index in [2.05, 4.69) is 4.98 Å². The van der Waals surface area contributed by atoms with Gasteiger partial charge >= 0.3 is 0 Å². The van der Waals surface area contributed by atoms with Crippen molar-refractivity contribution in [3.05, 3.63) is 51.7 Å². The summed E-state index contributed by atoms with van der Waals surface area (Å²) in [5.41, 5.74) is 1.55. The van der Waals surface area contributed by atoms with Crippen LogP contribution in [0.2, 0.25) is 0 Å². The van der Waals surface area contributed by atoms with Crippen molar-refractivity contribution in [2.24, 2.45) is 0 Å². The summed E-state index contributed by atoms with van der Waals surface area (Å²) in [4.78, 5) is 19.2. The van der Waals surface area contributed by atoms with Crippen molar-refractivity contribution in [1.29, 1.82) is 0 Å². The largest absolute Gasteiger partial charge is 0.378 e. The first kappa shape index (κ1) is 17.0. The number of amides is 1. The summed E-state index contributed by atoms with van der Waals surface area (Å²) in [6, 6.07) is 6.69. The standard InChI is InChI=1S/C18H21FN2O2S/c1-23-11-17-20-16(12-24-17)18(22)21-9-3-2-4-15(21)10-13-5-7-14(19)8-6-13/h5-8,12,15H,2-4,9-11H2,1H3. The van der Waals surface area contributed by atoms with E-state index in [1.54, 1.807) is 24.6 Å². The Morgan fingerprint density at radius 2 is 2.17 bits per heavy atom. The molecule has 1 aliphatic heterocycles. The van der Waals surface area contributed by atoms with Crippen molar-refractivity contribution in [3.63, 3.8) is 0 Å². The minimum absolute atomic E-state index is 0.0135. The van der Waals surface area contributed by atoms with Crippen molar-refractivity contribution < 1.29 is 13.9 Å². The number of hydrogen-bond acceptors (Lipinski definition) is 4. The van der Waals surface area contributed by atoms with Crippen molar-refractivity contribution in [3.8, 4) is 0 Å². The maximum atomic E-state index is 13.1. The molecule has 6 heteroatoms. The number of ether oxygens (including phenoxy) is 1. The van der Waals surface area contributed by atoms with Gasteiger partial charge in [-0.25, -0.2) is 9.37 Å². The fourth-order valence-electron chi connectivity index (χ4n) is 3.12. The number of halogens is 1. The quantitative estimate of drug-likeness (QED) is 0.828. The lowest BCUT2D eigenvalue weighted by atomic mass is 9.95. The highest BCUT2D eigenvalue weighted by Gasteiger charge is 2.28. The van der Waals surface area contributed by atoms with Crippen LogP contribution in [-0.2, 0) is 17.8 Å². The second-order valence-corrected chi connectivity index (χ2v) is 6.98. The maximum Gasteiger partial charge on any atom is 0.273 e. The number of nitrogens with zero attached hydrogens (tertiary/aromatic N) is 2. The van der Waals surface area contributed by atoms with Crippen LogP contribution < -0.4 is 0 Å². The van der Waals surface area contributed by atoms with Gasteiger partial charge in [-0.2, -0.15) is 0 Å². The summed E-state index contributed by atoms with van der Waals surface area (Å²) in [5, 5.41) is 2.62. The molecule has 0 radical (unpaired) electrons. The van der Waals surface area contributed by atoms with Gasteiger partial charge < -0.3 is 9.64 Å². The van der Waals surface area contributed by atoms with E-state index in [-0.39, 0.29) is 17.8 Å². The highest BCUT2D eigenvalue weighted by atomic mass is 32.1. The number of carbonyl (C=O) groups is 1. The molecular formula is C18H21FN2O2S. The third-order valence-electron chi connectivity index (χ3n) is 4.31. The summed E-state index contributed by atoms with van der Waals surface area (Å²) < 4.78 is 18.1. The predicted molar refractivity (Wildman–Crippen MR) is 91.6 cm³/mol. The molecule has 4 nitrogen and oxygen atoms in total. The number of hydrogen-bond donors (Lipinski definition) is 0. The highest BCUT2D eigenvalue weighted by Crippen LogP contribution is 2.24. The van der Waals surface area contributed by atoms with Crippen LogP contribution in [0.25, 0.3) is 0 Å². The highest BCUT2D eigenvalue weighted by molar-refractivity contribution is 7.09. The number of carbonyl (C=O) groups excluding carboxylic acids is 1. The van der Waals surface area contributed by atoms with E-state index in [0.717, 1.165) is 42.8 Å². The van der Waals surface area contributed by atoms with Crippen molar-refractivity contribution in [2.75, 3.05) is 13.7 Å². The molecule has 1 aromatic heterocycles. The van der Waals surface area contributed by atoms with Crippen molar-refractivity contribution >= 4 is 17.2 Å². The van der Waals surface area contributed by atoms with Gasteiger partial charge in [0.2, 0.25) is 0 Å². The lowest BCUT2D eigenvalue weighted by molar-refractivity contribution is 0.0607. The fraction of sp³-hybridized carbons (Fsp3) is 0.444. The van der Waals surface area contributed by atoms with Gasteiger partial charge in [0.05, 0.1) is 6.61 Å². The molecule has 1 atom stereocenters. The molecule has 1 saturated heterocycles. The maximum absolute atomic E-state index is 13.1. The number of aromatic nitrogens is 1. The van der Waals surface area contributed by atoms with Gasteiger partial charge in [-0.3, -0.25) is 4.79 Å². The van der Waals surface area contributed by atoms with Crippen molar-refractivity contribution in [2.45, 2.75) is 38.3 Å². The van der Waals surface area contributed by atoms with E-state index in [1.165, 1.54) is 23.5 Å². The van der Waals surface area contributed by atoms with Gasteiger partial charge in [0.1, 0.15) is 16.5 Å². The lowest BCUT2D eigenvalue weighted by Gasteiger charge is -2.35. The number of rotatable bonds is 5. The first-order valence-electron chi connectivity index (χ1n) is 8.16. The molecule has 1 unspecified atom stereocenters. The minimum Gasteiger partial charge on any atom is -0.378 e. The van der Waals surface area contributed by atoms with Gasteiger partial charge in [0, 0.05) is 25.1 Å². The smallest absolute Gasteiger partial charge is 0.273 e. The summed E-state index contributed by atoms with van der Waals surface area (Å²) >= 11 is 1.45. The van der Waals surface area contributed by atoms with E-state index in [0.29, 0.717) is 12.3 Å². The Hall–Kier alpha value is -1.79. The topological polar surface area (TPSA) is 42.4 Å². The Morgan fingerprint density at radius 1 is 1.38 bits per heavy atom. The number of piperidine rings is 1. The van der Waals surface area contributed by atoms with Gasteiger partial charge in [-0.15, -0.1) is 11.3 Å². The molecule has 0 spiro atoms. The molecule has 1 aliphatic rings. The lowest BCUT2D eigenvalue weighted by Crippen LogP contribution is -2.45. The molecule has 0 saturated carbocycles. The van der Waals surface area contributed by atoms with Crippen LogP contribution in [0.1, 0.15) is 40.3 Å². The zero-order valence-electron chi connectivity index (χ0n) is 13.7. The van der Waals surface area contributed by atoms with E-state index < -0.39 is 0 Å². The van der Waals surface area contributed by atoms with E-state index >= 15 is 0 Å². The number of benzene rings is 1. The molecule has 0 bridgehead atoms. The van der Waals surface area contributed by atoms with Crippen LogP contribution in [0, 0.1) is 5.82 Å². The zero-order chi connectivity index (χ0) is 16.9. The molecule has 0 N–H and O–H groups in total. The van der Waals surface area contributed by atoms with E-state index in [4.69, 9.17) is 4.74 Å². The Balaban J connectivity index is 1.73. The zero-order valence-corrected chi connectivity index (χ0v) is 14.5. The normalized spacial score (nSPS) is 17.9. The number of likely N-dealkylation sites (tertiary alicyclic amines) is 1. The molecule has 1 fully saturated rings. The second kappa shape index (κ2) is 7.85. The predicted octanol–water partition coefficient (Wildman–Crippen LogP) is 3.67. The van der Waals surface area contributed by atoms with Crippen LogP contribution in [-0.4, -0.2) is 35.5 Å². The molecule has 3 rings (SSSR count). The van der Waals surface area contributed by atoms with Crippen LogP contribution in [0.5, 0.6) is 0 Å². The average molecular weight is 348 g/mol. The Morgan fingerprint density at radius 3 is 2.92 bits per heavy atom. The number of methoxy groups -OCH3 is 1. The molecule has 24 heavy (non-hydrogen) atoms. The van der Waals surface area contributed by atoms with Gasteiger partial charge in [0.25, 0.3) is 5.91 Å². The molecule has 1 aromatic carbocycles.